The number of anilines is 1. The summed E-state index contributed by atoms with van der Waals surface area (Å²) in [5.74, 6) is 1.15. The van der Waals surface area contributed by atoms with Crippen LogP contribution < -0.4 is 10.6 Å². The zero-order valence-corrected chi connectivity index (χ0v) is 13.1. The van der Waals surface area contributed by atoms with Gasteiger partial charge in [0.1, 0.15) is 0 Å². The van der Waals surface area contributed by atoms with Gasteiger partial charge in [-0.2, -0.15) is 11.8 Å². The molecule has 1 aromatic rings. The van der Waals surface area contributed by atoms with Gasteiger partial charge in [0.05, 0.1) is 0 Å². The third kappa shape index (κ3) is 4.19. The molecule has 0 bridgehead atoms. The number of hydrogen-bond donors (Lipinski definition) is 1. The number of benzene rings is 1. The van der Waals surface area contributed by atoms with E-state index in [0.29, 0.717) is 12.6 Å². The Bertz CT molecular complexity index is 357. The van der Waals surface area contributed by atoms with Crippen molar-refractivity contribution < 1.29 is 0 Å². The quantitative estimate of drug-likeness (QED) is 0.871. The molecule has 0 aliphatic heterocycles. The monoisotopic (exact) mass is 316 g/mol. The fourth-order valence-electron chi connectivity index (χ4n) is 1.86. The van der Waals surface area contributed by atoms with Crippen molar-refractivity contribution >= 4 is 33.4 Å². The standard InChI is InChI=1S/C13H21BrN2S/c1-4-12(9-17-3)16(2)13-6-10(8-15)5-11(14)7-13/h5-7,12H,4,8-9,15H2,1-3H3. The Hall–Kier alpha value is -0.190. The second kappa shape index (κ2) is 7.29. The predicted octanol–water partition coefficient (Wildman–Crippen LogP) is 3.49. The lowest BCUT2D eigenvalue weighted by Crippen LogP contribution is -2.33. The number of nitrogens with zero attached hydrogens (tertiary/aromatic N) is 1. The molecule has 1 rings (SSSR count). The Kier molecular flexibility index (Phi) is 6.38. The van der Waals surface area contributed by atoms with Crippen molar-refractivity contribution in [2.24, 2.45) is 5.73 Å². The molecule has 0 radical (unpaired) electrons. The van der Waals surface area contributed by atoms with Crippen molar-refractivity contribution in [1.29, 1.82) is 0 Å². The summed E-state index contributed by atoms with van der Waals surface area (Å²) in [7, 11) is 2.16. The molecule has 0 saturated heterocycles. The summed E-state index contributed by atoms with van der Waals surface area (Å²) < 4.78 is 1.10. The maximum Gasteiger partial charge on any atom is 0.0380 e. The highest BCUT2D eigenvalue weighted by Gasteiger charge is 2.13. The van der Waals surface area contributed by atoms with Gasteiger partial charge in [0.2, 0.25) is 0 Å². The van der Waals surface area contributed by atoms with Crippen LogP contribution in [0.15, 0.2) is 22.7 Å². The Morgan fingerprint density at radius 3 is 2.65 bits per heavy atom. The van der Waals surface area contributed by atoms with Gasteiger partial charge in [0.15, 0.2) is 0 Å². The first kappa shape index (κ1) is 14.9. The van der Waals surface area contributed by atoms with Gasteiger partial charge in [-0.3, -0.25) is 0 Å². The Morgan fingerprint density at radius 1 is 1.41 bits per heavy atom. The molecule has 0 fully saturated rings. The van der Waals surface area contributed by atoms with E-state index in [-0.39, 0.29) is 0 Å². The molecule has 17 heavy (non-hydrogen) atoms. The largest absolute Gasteiger partial charge is 0.371 e. The first-order valence-corrected chi connectivity index (χ1v) is 8.02. The maximum absolute atomic E-state index is 5.71. The van der Waals surface area contributed by atoms with Crippen LogP contribution in [-0.2, 0) is 6.54 Å². The first-order valence-electron chi connectivity index (χ1n) is 5.83. The maximum atomic E-state index is 5.71. The number of rotatable bonds is 6. The Labute approximate surface area is 117 Å². The number of thioether (sulfide) groups is 1. The lowest BCUT2D eigenvalue weighted by Gasteiger charge is -2.29. The molecule has 0 spiro atoms. The van der Waals surface area contributed by atoms with Gasteiger partial charge in [-0.05, 0) is 36.4 Å². The molecule has 1 aromatic carbocycles. The van der Waals surface area contributed by atoms with Crippen LogP contribution in [0.4, 0.5) is 5.69 Å². The zero-order valence-electron chi connectivity index (χ0n) is 10.7. The molecular weight excluding hydrogens is 296 g/mol. The zero-order chi connectivity index (χ0) is 12.8. The van der Waals surface area contributed by atoms with E-state index in [1.54, 1.807) is 0 Å². The van der Waals surface area contributed by atoms with E-state index >= 15 is 0 Å². The molecule has 1 unspecified atom stereocenters. The highest BCUT2D eigenvalue weighted by molar-refractivity contribution is 9.10. The van der Waals surface area contributed by atoms with E-state index in [0.717, 1.165) is 16.6 Å². The summed E-state index contributed by atoms with van der Waals surface area (Å²) >= 11 is 5.44. The summed E-state index contributed by atoms with van der Waals surface area (Å²) in [6, 6.07) is 6.98. The smallest absolute Gasteiger partial charge is 0.0380 e. The second-order valence-electron chi connectivity index (χ2n) is 4.15. The molecule has 4 heteroatoms. The number of hydrogen-bond acceptors (Lipinski definition) is 3. The van der Waals surface area contributed by atoms with Crippen LogP contribution in [0.25, 0.3) is 0 Å². The highest BCUT2D eigenvalue weighted by Crippen LogP contribution is 2.25. The minimum absolute atomic E-state index is 0.574. The average Bonchev–Trinajstić information content (AvgIpc) is 2.34. The van der Waals surface area contributed by atoms with E-state index in [9.17, 15) is 0 Å². The normalized spacial score (nSPS) is 12.5. The van der Waals surface area contributed by atoms with Crippen LogP contribution in [0, 0.1) is 0 Å². The van der Waals surface area contributed by atoms with Gasteiger partial charge in [-0.1, -0.05) is 22.9 Å². The van der Waals surface area contributed by atoms with Crippen LogP contribution in [0.1, 0.15) is 18.9 Å². The van der Waals surface area contributed by atoms with E-state index in [1.807, 2.05) is 11.8 Å². The highest BCUT2D eigenvalue weighted by atomic mass is 79.9. The minimum Gasteiger partial charge on any atom is -0.371 e. The predicted molar refractivity (Wildman–Crippen MR) is 82.9 cm³/mol. The Balaban J connectivity index is 2.93. The van der Waals surface area contributed by atoms with Crippen LogP contribution in [0.2, 0.25) is 0 Å². The molecular formula is C13H21BrN2S. The summed E-state index contributed by atoms with van der Waals surface area (Å²) in [4.78, 5) is 2.35. The molecule has 0 aromatic heterocycles. The summed E-state index contributed by atoms with van der Waals surface area (Å²) in [6.07, 6.45) is 3.31. The lowest BCUT2D eigenvalue weighted by atomic mass is 10.1. The number of halogens is 1. The fourth-order valence-corrected chi connectivity index (χ4v) is 3.23. The van der Waals surface area contributed by atoms with Crippen molar-refractivity contribution in [1.82, 2.24) is 0 Å². The summed E-state index contributed by atoms with van der Waals surface area (Å²) in [6.45, 7) is 2.82. The van der Waals surface area contributed by atoms with Crippen LogP contribution >= 0.6 is 27.7 Å². The third-order valence-corrected chi connectivity index (χ3v) is 4.14. The molecule has 1 atom stereocenters. The van der Waals surface area contributed by atoms with Crippen molar-refractivity contribution in [2.75, 3.05) is 24.0 Å². The van der Waals surface area contributed by atoms with Crippen molar-refractivity contribution in [3.8, 4) is 0 Å². The summed E-state index contributed by atoms with van der Waals surface area (Å²) in [5.41, 5.74) is 8.12. The van der Waals surface area contributed by atoms with Crippen LogP contribution in [0.3, 0.4) is 0 Å². The second-order valence-corrected chi connectivity index (χ2v) is 5.98. The van der Waals surface area contributed by atoms with E-state index in [2.05, 4.69) is 59.3 Å². The van der Waals surface area contributed by atoms with Gasteiger partial charge in [-0.25, -0.2) is 0 Å². The molecule has 0 amide bonds. The van der Waals surface area contributed by atoms with Gasteiger partial charge in [-0.15, -0.1) is 0 Å². The van der Waals surface area contributed by atoms with E-state index < -0.39 is 0 Å². The van der Waals surface area contributed by atoms with Gasteiger partial charge in [0.25, 0.3) is 0 Å². The topological polar surface area (TPSA) is 29.3 Å². The summed E-state index contributed by atoms with van der Waals surface area (Å²) in [5, 5.41) is 0. The van der Waals surface area contributed by atoms with Crippen molar-refractivity contribution in [3.05, 3.63) is 28.2 Å². The van der Waals surface area contributed by atoms with Crippen molar-refractivity contribution in [3.63, 3.8) is 0 Å². The van der Waals surface area contributed by atoms with Crippen LogP contribution in [-0.4, -0.2) is 25.1 Å². The third-order valence-electron chi connectivity index (χ3n) is 2.96. The minimum atomic E-state index is 0.574. The number of nitrogens with two attached hydrogens (primary N) is 1. The molecule has 0 aliphatic rings. The van der Waals surface area contributed by atoms with Gasteiger partial charge >= 0.3 is 0 Å². The fraction of sp³-hybridized carbons (Fsp3) is 0.538. The molecule has 96 valence electrons. The van der Waals surface area contributed by atoms with Gasteiger partial charge in [0, 0.05) is 35.5 Å². The molecule has 2 nitrogen and oxygen atoms in total. The first-order chi connectivity index (χ1) is 8.12. The molecule has 2 N–H and O–H groups in total. The lowest BCUT2D eigenvalue weighted by molar-refractivity contribution is 0.673. The van der Waals surface area contributed by atoms with Crippen LogP contribution in [0.5, 0.6) is 0 Å². The van der Waals surface area contributed by atoms with E-state index in [4.69, 9.17) is 5.73 Å². The Morgan fingerprint density at radius 2 is 2.12 bits per heavy atom. The van der Waals surface area contributed by atoms with Crippen molar-refractivity contribution in [2.45, 2.75) is 25.9 Å². The molecule has 0 saturated carbocycles. The SMILES string of the molecule is CCC(CSC)N(C)c1cc(Br)cc(CN)c1. The van der Waals surface area contributed by atoms with Gasteiger partial charge < -0.3 is 10.6 Å². The molecule has 0 aliphatic carbocycles. The molecule has 0 heterocycles. The van der Waals surface area contributed by atoms with E-state index in [1.165, 1.54) is 11.3 Å². The average molecular weight is 317 g/mol.